The van der Waals surface area contributed by atoms with Crippen molar-refractivity contribution in [3.63, 3.8) is 0 Å². The van der Waals surface area contributed by atoms with Gasteiger partial charge in [-0.25, -0.2) is 4.98 Å². The van der Waals surface area contributed by atoms with Crippen LogP contribution in [0.4, 0.5) is 5.69 Å². The van der Waals surface area contributed by atoms with Gasteiger partial charge in [-0.05, 0) is 41.5 Å². The Balaban J connectivity index is 1.45. The van der Waals surface area contributed by atoms with Crippen LogP contribution in [0.5, 0.6) is 11.5 Å². The molecule has 0 bridgehead atoms. The zero-order chi connectivity index (χ0) is 22.2. The van der Waals surface area contributed by atoms with Gasteiger partial charge < -0.3 is 23.4 Å². The summed E-state index contributed by atoms with van der Waals surface area (Å²) in [7, 11) is 0. The minimum absolute atomic E-state index is 0.0573. The van der Waals surface area contributed by atoms with Gasteiger partial charge in [0.15, 0.2) is 11.5 Å². The molecule has 33 heavy (non-hydrogen) atoms. The predicted octanol–water partition coefficient (Wildman–Crippen LogP) is 3.59. The molecule has 1 amide bonds. The summed E-state index contributed by atoms with van der Waals surface area (Å²) in [6.45, 7) is 0.805. The number of hydrogen-bond donors (Lipinski definition) is 0. The lowest BCUT2D eigenvalue weighted by atomic mass is 9.71. The molecule has 1 spiro atoms. The van der Waals surface area contributed by atoms with Crippen molar-refractivity contribution in [3.8, 4) is 28.8 Å². The number of amides is 1. The molecule has 0 aliphatic carbocycles. The van der Waals surface area contributed by atoms with Crippen molar-refractivity contribution in [2.24, 2.45) is 0 Å². The lowest BCUT2D eigenvalue weighted by molar-refractivity contribution is -0.122. The molecule has 0 saturated carbocycles. The molecular weight excluding hydrogens is 420 g/mol. The maximum Gasteiger partial charge on any atom is 0.244 e. The molecule has 0 fully saturated rings. The third-order valence-corrected chi connectivity index (χ3v) is 6.72. The topological polar surface area (TPSA) is 93.5 Å². The van der Waals surface area contributed by atoms with E-state index in [1.807, 2.05) is 53.2 Å². The van der Waals surface area contributed by atoms with Crippen LogP contribution in [0.15, 0.2) is 65.5 Å². The number of para-hydroxylation sites is 1. The Morgan fingerprint density at radius 3 is 2.79 bits per heavy atom. The Morgan fingerprint density at radius 1 is 1.09 bits per heavy atom. The number of rotatable bonds is 2. The number of anilines is 1. The summed E-state index contributed by atoms with van der Waals surface area (Å²) in [4.78, 5) is 20.4. The number of aromatic nitrogens is 2. The van der Waals surface area contributed by atoms with E-state index in [0.29, 0.717) is 23.8 Å². The van der Waals surface area contributed by atoms with Crippen LogP contribution in [0.25, 0.3) is 11.3 Å². The summed E-state index contributed by atoms with van der Waals surface area (Å²) in [5.41, 5.74) is 3.49. The number of nitriles is 1. The zero-order valence-electron chi connectivity index (χ0n) is 17.3. The Kier molecular flexibility index (Phi) is 3.44. The van der Waals surface area contributed by atoms with Gasteiger partial charge in [0.25, 0.3) is 0 Å². The summed E-state index contributed by atoms with van der Waals surface area (Å²) in [5, 5.41) is 9.12. The fraction of sp³-hybridized carbons (Fsp3) is 0.160. The van der Waals surface area contributed by atoms with E-state index in [-0.39, 0.29) is 25.0 Å². The van der Waals surface area contributed by atoms with Gasteiger partial charge in [0.2, 0.25) is 18.5 Å². The Hall–Kier alpha value is -4.51. The van der Waals surface area contributed by atoms with Crippen LogP contribution >= 0.6 is 0 Å². The lowest BCUT2D eigenvalue weighted by Gasteiger charge is -2.36. The van der Waals surface area contributed by atoms with Crippen molar-refractivity contribution in [2.45, 2.75) is 18.5 Å². The van der Waals surface area contributed by atoms with E-state index < -0.39 is 5.41 Å². The highest BCUT2D eigenvalue weighted by Crippen LogP contribution is 2.55. The fourth-order valence-electron chi connectivity index (χ4n) is 5.29. The molecule has 2 aromatic heterocycles. The van der Waals surface area contributed by atoms with Gasteiger partial charge in [-0.3, -0.25) is 4.79 Å². The van der Waals surface area contributed by atoms with Crippen LogP contribution in [0.1, 0.15) is 22.6 Å². The summed E-state index contributed by atoms with van der Waals surface area (Å²) in [6.07, 6.45) is 3.57. The Labute approximate surface area is 188 Å². The highest BCUT2D eigenvalue weighted by Gasteiger charge is 2.55. The fourth-order valence-corrected chi connectivity index (χ4v) is 5.29. The number of nitrogens with zero attached hydrogens (tertiary/aromatic N) is 4. The standard InChI is InChI=1S/C25H16N4O4/c26-9-15-5-6-16(33-15)11-29-20-4-2-1-3-18(20)25(24(29)30)12-28-13-27-10-21(28)17-7-22-23(8-19(17)25)32-14-31-22/h1-8,10,13H,11-12,14H2. The monoisotopic (exact) mass is 436 g/mol. The van der Waals surface area contributed by atoms with Crippen LogP contribution in [0.3, 0.4) is 0 Å². The van der Waals surface area contributed by atoms with E-state index in [0.717, 1.165) is 28.1 Å². The molecule has 4 aromatic rings. The molecule has 3 aliphatic rings. The van der Waals surface area contributed by atoms with Gasteiger partial charge >= 0.3 is 0 Å². The van der Waals surface area contributed by atoms with E-state index in [2.05, 4.69) is 4.98 Å². The Morgan fingerprint density at radius 2 is 1.94 bits per heavy atom. The van der Waals surface area contributed by atoms with E-state index in [1.54, 1.807) is 23.4 Å². The average Bonchev–Trinajstić information content (AvgIpc) is 3.62. The molecule has 3 aliphatic heterocycles. The van der Waals surface area contributed by atoms with Crippen LogP contribution in [0, 0.1) is 11.3 Å². The van der Waals surface area contributed by atoms with E-state index in [9.17, 15) is 4.79 Å². The van der Waals surface area contributed by atoms with Gasteiger partial charge in [0, 0.05) is 17.8 Å². The number of hydrogen-bond acceptors (Lipinski definition) is 6. The quantitative estimate of drug-likeness (QED) is 0.477. The minimum Gasteiger partial charge on any atom is -0.454 e. The predicted molar refractivity (Wildman–Crippen MR) is 116 cm³/mol. The molecule has 8 heteroatoms. The third kappa shape index (κ3) is 2.28. The van der Waals surface area contributed by atoms with Crippen LogP contribution in [-0.2, 0) is 23.3 Å². The lowest BCUT2D eigenvalue weighted by Crippen LogP contribution is -2.46. The molecule has 1 atom stereocenters. The summed E-state index contributed by atoms with van der Waals surface area (Å²) < 4.78 is 18.9. The first-order chi connectivity index (χ1) is 16.2. The first-order valence-electron chi connectivity index (χ1n) is 10.5. The summed E-state index contributed by atoms with van der Waals surface area (Å²) in [5.74, 6) is 2.01. The normalized spacial score (nSPS) is 19.4. The zero-order valence-corrected chi connectivity index (χ0v) is 17.3. The number of fused-ring (bicyclic) bond motifs is 7. The Bertz CT molecular complexity index is 1510. The molecule has 1 unspecified atom stereocenters. The van der Waals surface area contributed by atoms with E-state index in [4.69, 9.17) is 19.2 Å². The number of carbonyl (C=O) groups is 1. The summed E-state index contributed by atoms with van der Waals surface area (Å²) in [6, 6.07) is 17.1. The van der Waals surface area contributed by atoms with Crippen LogP contribution in [0.2, 0.25) is 0 Å². The highest BCUT2D eigenvalue weighted by atomic mass is 16.7. The maximum absolute atomic E-state index is 14.3. The first kappa shape index (κ1) is 18.1. The number of benzene rings is 2. The summed E-state index contributed by atoms with van der Waals surface area (Å²) >= 11 is 0. The minimum atomic E-state index is -0.953. The number of ether oxygens (including phenoxy) is 2. The second-order valence-corrected chi connectivity index (χ2v) is 8.35. The van der Waals surface area contributed by atoms with Crippen molar-refractivity contribution in [2.75, 3.05) is 11.7 Å². The SMILES string of the molecule is N#Cc1ccc(CN2C(=O)C3(Cn4cncc4-c4cc5c(cc43)OCO5)c3ccccc32)o1. The van der Waals surface area contributed by atoms with Gasteiger partial charge in [-0.2, -0.15) is 5.26 Å². The molecule has 160 valence electrons. The maximum atomic E-state index is 14.3. The second-order valence-electron chi connectivity index (χ2n) is 8.35. The largest absolute Gasteiger partial charge is 0.454 e. The van der Waals surface area contributed by atoms with E-state index in [1.165, 1.54) is 0 Å². The van der Waals surface area contributed by atoms with Gasteiger partial charge in [-0.15, -0.1) is 0 Å². The molecule has 8 nitrogen and oxygen atoms in total. The molecule has 0 radical (unpaired) electrons. The first-order valence-corrected chi connectivity index (χ1v) is 10.5. The molecule has 0 saturated heterocycles. The van der Waals surface area contributed by atoms with Crippen molar-refractivity contribution in [3.05, 3.63) is 83.7 Å². The van der Waals surface area contributed by atoms with Gasteiger partial charge in [-0.1, -0.05) is 18.2 Å². The van der Waals surface area contributed by atoms with Gasteiger partial charge in [0.1, 0.15) is 17.2 Å². The van der Waals surface area contributed by atoms with Crippen LogP contribution in [-0.4, -0.2) is 22.3 Å². The molecular formula is C25H16N4O4. The van der Waals surface area contributed by atoms with Gasteiger partial charge in [0.05, 0.1) is 24.8 Å². The number of imidazole rings is 1. The van der Waals surface area contributed by atoms with E-state index >= 15 is 0 Å². The molecule has 7 rings (SSSR count). The average molecular weight is 436 g/mol. The van der Waals surface area contributed by atoms with Crippen molar-refractivity contribution in [1.82, 2.24) is 9.55 Å². The number of carbonyl (C=O) groups excluding carboxylic acids is 1. The number of furan rings is 1. The third-order valence-electron chi connectivity index (χ3n) is 6.72. The highest BCUT2D eigenvalue weighted by molar-refractivity contribution is 6.11. The van der Waals surface area contributed by atoms with Crippen LogP contribution < -0.4 is 14.4 Å². The second kappa shape index (κ2) is 6.26. The molecule has 5 heterocycles. The smallest absolute Gasteiger partial charge is 0.244 e. The van der Waals surface area contributed by atoms with Crippen molar-refractivity contribution in [1.29, 1.82) is 5.26 Å². The molecule has 0 N–H and O–H groups in total. The molecule has 2 aromatic carbocycles. The van der Waals surface area contributed by atoms with Crippen molar-refractivity contribution < 1.29 is 18.7 Å². The van der Waals surface area contributed by atoms with Crippen molar-refractivity contribution >= 4 is 11.6 Å².